The lowest BCUT2D eigenvalue weighted by atomic mass is 10.4. The van der Waals surface area contributed by atoms with Crippen molar-refractivity contribution in [1.82, 2.24) is 9.38 Å². The second kappa shape index (κ2) is 5.30. The molecule has 0 saturated carbocycles. The Morgan fingerprint density at radius 2 is 2.19 bits per heavy atom. The summed E-state index contributed by atoms with van der Waals surface area (Å²) in [6, 6.07) is 2.88. The molecule has 3 heterocycles. The Hall–Kier alpha value is -2.19. The van der Waals surface area contributed by atoms with Crippen LogP contribution < -0.4 is 10.3 Å². The summed E-state index contributed by atoms with van der Waals surface area (Å²) < 4.78 is 7.02. The molecule has 0 amide bonds. The number of ether oxygens (including phenoxy) is 1. The average Bonchev–Trinajstić information content (AvgIpc) is 3.04. The predicted molar refractivity (Wildman–Crippen MR) is 79.7 cm³/mol. The number of aromatic carboxylic acids is 1. The zero-order chi connectivity index (χ0) is 15.0. The van der Waals surface area contributed by atoms with Crippen LogP contribution in [0.1, 0.15) is 21.1 Å². The molecule has 0 aliphatic carbocycles. The van der Waals surface area contributed by atoms with E-state index in [4.69, 9.17) is 9.84 Å². The Labute approximate surface area is 126 Å². The first-order valence-corrected chi connectivity index (χ1v) is 7.72. The summed E-state index contributed by atoms with van der Waals surface area (Å²) in [6.45, 7) is 1.97. The van der Waals surface area contributed by atoms with E-state index in [9.17, 15) is 9.59 Å². The van der Waals surface area contributed by atoms with Crippen LogP contribution in [-0.4, -0.2) is 20.5 Å². The first-order chi connectivity index (χ1) is 10.0. The summed E-state index contributed by atoms with van der Waals surface area (Å²) in [5.74, 6) is -0.525. The lowest BCUT2D eigenvalue weighted by molar-refractivity contribution is 0.0702. The van der Waals surface area contributed by atoms with Gasteiger partial charge >= 0.3 is 5.97 Å². The van der Waals surface area contributed by atoms with E-state index < -0.39 is 5.97 Å². The largest absolute Gasteiger partial charge is 0.486 e. The number of rotatable bonds is 4. The summed E-state index contributed by atoms with van der Waals surface area (Å²) >= 11 is 2.49. The fourth-order valence-corrected chi connectivity index (χ4v) is 3.39. The minimum atomic E-state index is -0.985. The number of aromatic nitrogens is 2. The summed E-state index contributed by atoms with van der Waals surface area (Å²) in [7, 11) is 0. The molecule has 0 unspecified atom stereocenters. The molecule has 0 fully saturated rings. The molecule has 3 aromatic heterocycles. The molecule has 3 rings (SSSR count). The highest BCUT2D eigenvalue weighted by Crippen LogP contribution is 2.22. The van der Waals surface area contributed by atoms with Crippen molar-refractivity contribution in [3.05, 3.63) is 49.5 Å². The highest BCUT2D eigenvalue weighted by Gasteiger charge is 2.10. The molecule has 108 valence electrons. The highest BCUT2D eigenvalue weighted by molar-refractivity contribution is 7.15. The number of thiophene rings is 1. The SMILES string of the molecule is Cc1csc2nc(COc3csc(C(=O)O)c3)cc(=O)n12. The van der Waals surface area contributed by atoms with Crippen molar-refractivity contribution >= 4 is 33.6 Å². The van der Waals surface area contributed by atoms with Gasteiger partial charge in [0.25, 0.3) is 5.56 Å². The molecule has 0 aromatic carbocycles. The van der Waals surface area contributed by atoms with Crippen molar-refractivity contribution in [2.75, 3.05) is 0 Å². The van der Waals surface area contributed by atoms with Crippen LogP contribution in [0, 0.1) is 6.92 Å². The number of carboxylic acid groups (broad SMARTS) is 1. The van der Waals surface area contributed by atoms with Crippen molar-refractivity contribution in [3.63, 3.8) is 0 Å². The van der Waals surface area contributed by atoms with Crippen molar-refractivity contribution in [1.29, 1.82) is 0 Å². The Kier molecular flexibility index (Phi) is 3.48. The summed E-state index contributed by atoms with van der Waals surface area (Å²) in [5.41, 5.74) is 1.22. The molecule has 8 heteroatoms. The van der Waals surface area contributed by atoms with Gasteiger partial charge in [0.05, 0.1) is 5.69 Å². The third kappa shape index (κ3) is 2.67. The van der Waals surface area contributed by atoms with E-state index in [2.05, 4.69) is 4.98 Å². The van der Waals surface area contributed by atoms with Crippen molar-refractivity contribution in [2.24, 2.45) is 0 Å². The molecule has 21 heavy (non-hydrogen) atoms. The quantitative estimate of drug-likeness (QED) is 0.798. The zero-order valence-corrected chi connectivity index (χ0v) is 12.5. The first-order valence-electron chi connectivity index (χ1n) is 5.96. The number of thiazole rings is 1. The second-order valence-electron chi connectivity index (χ2n) is 4.32. The summed E-state index contributed by atoms with van der Waals surface area (Å²) in [4.78, 5) is 28.0. The van der Waals surface area contributed by atoms with Gasteiger partial charge in [-0.25, -0.2) is 9.78 Å². The maximum absolute atomic E-state index is 12.0. The Morgan fingerprint density at radius 1 is 1.38 bits per heavy atom. The van der Waals surface area contributed by atoms with Gasteiger partial charge in [-0.05, 0) is 6.92 Å². The number of carboxylic acids is 1. The molecule has 0 atom stereocenters. The van der Waals surface area contributed by atoms with Crippen LogP contribution >= 0.6 is 22.7 Å². The average molecular weight is 322 g/mol. The molecule has 0 radical (unpaired) electrons. The molecule has 3 aromatic rings. The minimum absolute atomic E-state index is 0.123. The van der Waals surface area contributed by atoms with Crippen LogP contribution in [0.3, 0.4) is 0 Å². The van der Waals surface area contributed by atoms with Gasteiger partial charge in [0.15, 0.2) is 4.96 Å². The van der Waals surface area contributed by atoms with Crippen molar-refractivity contribution in [3.8, 4) is 5.75 Å². The molecular weight excluding hydrogens is 312 g/mol. The molecule has 6 nitrogen and oxygen atoms in total. The second-order valence-corrected chi connectivity index (χ2v) is 6.07. The third-order valence-electron chi connectivity index (χ3n) is 2.80. The van der Waals surface area contributed by atoms with Gasteiger partial charge < -0.3 is 9.84 Å². The lowest BCUT2D eigenvalue weighted by Gasteiger charge is -2.03. The van der Waals surface area contributed by atoms with Gasteiger partial charge in [-0.3, -0.25) is 9.20 Å². The summed E-state index contributed by atoms with van der Waals surface area (Å²) in [5, 5.41) is 12.3. The van der Waals surface area contributed by atoms with E-state index in [0.717, 1.165) is 17.0 Å². The molecule has 0 saturated heterocycles. The van der Waals surface area contributed by atoms with Gasteiger partial charge in [-0.2, -0.15) is 0 Å². The standard InChI is InChI=1S/C13H10N2O4S2/c1-7-5-21-13-14-8(2-11(16)15(7)13)4-19-9-3-10(12(17)18)20-6-9/h2-3,5-6H,4H2,1H3,(H,17,18). The lowest BCUT2D eigenvalue weighted by Crippen LogP contribution is -2.15. The minimum Gasteiger partial charge on any atom is -0.486 e. The Bertz CT molecular complexity index is 878. The van der Waals surface area contributed by atoms with Crippen LogP contribution in [-0.2, 0) is 6.61 Å². The van der Waals surface area contributed by atoms with E-state index in [1.54, 1.807) is 9.78 Å². The smallest absolute Gasteiger partial charge is 0.346 e. The van der Waals surface area contributed by atoms with Crippen molar-refractivity contribution in [2.45, 2.75) is 13.5 Å². The number of hydrogen-bond donors (Lipinski definition) is 1. The first kappa shape index (κ1) is 13.8. The number of nitrogens with zero attached hydrogens (tertiary/aromatic N) is 2. The van der Waals surface area contributed by atoms with Crippen LogP contribution in [0.4, 0.5) is 0 Å². The molecule has 1 N–H and O–H groups in total. The summed E-state index contributed by atoms with van der Waals surface area (Å²) in [6.07, 6.45) is 0. The third-order valence-corrected chi connectivity index (χ3v) is 4.64. The zero-order valence-electron chi connectivity index (χ0n) is 10.9. The molecule has 0 spiro atoms. The highest BCUT2D eigenvalue weighted by atomic mass is 32.1. The van der Waals surface area contributed by atoms with Gasteiger partial charge in [-0.15, -0.1) is 22.7 Å². The Balaban J connectivity index is 1.81. The topological polar surface area (TPSA) is 80.9 Å². The molecule has 0 aliphatic rings. The van der Waals surface area contributed by atoms with E-state index in [1.807, 2.05) is 12.3 Å². The number of fused-ring (bicyclic) bond motifs is 1. The van der Waals surface area contributed by atoms with Gasteiger partial charge in [-0.1, -0.05) is 0 Å². The number of aryl methyl sites for hydroxylation is 1. The maximum Gasteiger partial charge on any atom is 0.346 e. The van der Waals surface area contributed by atoms with Crippen LogP contribution in [0.5, 0.6) is 5.75 Å². The fraction of sp³-hybridized carbons (Fsp3) is 0.154. The Morgan fingerprint density at radius 3 is 2.90 bits per heavy atom. The van der Waals surface area contributed by atoms with E-state index in [-0.39, 0.29) is 17.0 Å². The van der Waals surface area contributed by atoms with Crippen LogP contribution in [0.15, 0.2) is 27.7 Å². The van der Waals surface area contributed by atoms with Gasteiger partial charge in [0.1, 0.15) is 17.2 Å². The van der Waals surface area contributed by atoms with Gasteiger partial charge in [0.2, 0.25) is 0 Å². The number of carbonyl (C=O) groups is 1. The van der Waals surface area contributed by atoms with Gasteiger partial charge in [0, 0.05) is 28.6 Å². The number of hydrogen-bond acceptors (Lipinski definition) is 6. The van der Waals surface area contributed by atoms with Crippen LogP contribution in [0.25, 0.3) is 4.96 Å². The van der Waals surface area contributed by atoms with Crippen molar-refractivity contribution < 1.29 is 14.6 Å². The van der Waals surface area contributed by atoms with E-state index in [1.165, 1.54) is 23.5 Å². The van der Waals surface area contributed by atoms with E-state index >= 15 is 0 Å². The fourth-order valence-electron chi connectivity index (χ4n) is 1.84. The predicted octanol–water partition coefficient (Wildman–Crippen LogP) is 2.40. The normalized spacial score (nSPS) is 10.9. The van der Waals surface area contributed by atoms with E-state index in [0.29, 0.717) is 16.4 Å². The maximum atomic E-state index is 12.0. The molecule has 0 aliphatic heterocycles. The molecular formula is C13H10N2O4S2. The van der Waals surface area contributed by atoms with Crippen LogP contribution in [0.2, 0.25) is 0 Å². The monoisotopic (exact) mass is 322 g/mol. The molecule has 0 bridgehead atoms.